The van der Waals surface area contributed by atoms with Gasteiger partial charge in [-0.3, -0.25) is 14.8 Å². The predicted molar refractivity (Wildman–Crippen MR) is 83.0 cm³/mol. The number of aliphatic hydroxyl groups is 1. The summed E-state index contributed by atoms with van der Waals surface area (Å²) in [5.41, 5.74) is 1.31. The molecule has 1 aromatic heterocycles. The maximum Gasteiger partial charge on any atom is 0.0900 e. The number of aromatic nitrogens is 1. The van der Waals surface area contributed by atoms with Crippen molar-refractivity contribution in [3.8, 4) is 0 Å². The van der Waals surface area contributed by atoms with Crippen molar-refractivity contribution in [3.63, 3.8) is 0 Å². The Morgan fingerprint density at radius 3 is 2.38 bits per heavy atom. The summed E-state index contributed by atoms with van der Waals surface area (Å²) in [5, 5.41) is 9.96. The summed E-state index contributed by atoms with van der Waals surface area (Å²) < 4.78 is 5.45. The minimum Gasteiger partial charge on any atom is -0.389 e. The normalized spacial score (nSPS) is 19.0. The SMILES string of the molecule is CC(C)OCC(O)CN1CCN(Cc2ccncc2)CC1. The molecule has 0 saturated carbocycles. The maximum atomic E-state index is 9.96. The molecule has 21 heavy (non-hydrogen) atoms. The van der Waals surface area contributed by atoms with Gasteiger partial charge >= 0.3 is 0 Å². The zero-order valence-corrected chi connectivity index (χ0v) is 13.1. The third-order valence-corrected chi connectivity index (χ3v) is 3.71. The van der Waals surface area contributed by atoms with Crippen LogP contribution < -0.4 is 0 Å². The summed E-state index contributed by atoms with van der Waals surface area (Å²) in [6.45, 7) is 10.2. The molecule has 1 saturated heterocycles. The van der Waals surface area contributed by atoms with Crippen LogP contribution in [0.1, 0.15) is 19.4 Å². The Morgan fingerprint density at radius 1 is 1.14 bits per heavy atom. The lowest BCUT2D eigenvalue weighted by atomic mass is 10.2. The molecule has 1 atom stereocenters. The lowest BCUT2D eigenvalue weighted by Gasteiger charge is -2.35. The van der Waals surface area contributed by atoms with E-state index < -0.39 is 0 Å². The number of rotatable bonds is 7. The Kier molecular flexibility index (Phi) is 6.57. The highest BCUT2D eigenvalue weighted by Crippen LogP contribution is 2.08. The molecule has 1 unspecified atom stereocenters. The van der Waals surface area contributed by atoms with E-state index in [0.29, 0.717) is 13.2 Å². The van der Waals surface area contributed by atoms with E-state index in [2.05, 4.69) is 26.9 Å². The summed E-state index contributed by atoms with van der Waals surface area (Å²) in [4.78, 5) is 8.81. The van der Waals surface area contributed by atoms with Crippen LogP contribution in [0.15, 0.2) is 24.5 Å². The van der Waals surface area contributed by atoms with E-state index in [9.17, 15) is 5.11 Å². The van der Waals surface area contributed by atoms with Crippen molar-refractivity contribution >= 4 is 0 Å². The van der Waals surface area contributed by atoms with Crippen LogP contribution in [-0.4, -0.2) is 71.4 Å². The molecule has 0 aliphatic carbocycles. The second kappa shape index (κ2) is 8.44. The minimum absolute atomic E-state index is 0.178. The van der Waals surface area contributed by atoms with Crippen LogP contribution in [0.25, 0.3) is 0 Å². The number of piperazine rings is 1. The van der Waals surface area contributed by atoms with Gasteiger partial charge in [-0.15, -0.1) is 0 Å². The number of hydrogen-bond donors (Lipinski definition) is 1. The van der Waals surface area contributed by atoms with Crippen LogP contribution in [0.2, 0.25) is 0 Å². The Labute approximate surface area is 127 Å². The number of aliphatic hydroxyl groups excluding tert-OH is 1. The van der Waals surface area contributed by atoms with Gasteiger partial charge in [0.05, 0.1) is 18.8 Å². The van der Waals surface area contributed by atoms with Gasteiger partial charge < -0.3 is 9.84 Å². The second-order valence-electron chi connectivity index (χ2n) is 5.97. The fourth-order valence-corrected chi connectivity index (χ4v) is 2.53. The van der Waals surface area contributed by atoms with Gasteiger partial charge in [-0.05, 0) is 31.5 Å². The van der Waals surface area contributed by atoms with E-state index in [1.165, 1.54) is 5.56 Å². The number of pyridine rings is 1. The third kappa shape index (κ3) is 6.09. The van der Waals surface area contributed by atoms with Crippen LogP contribution in [0.4, 0.5) is 0 Å². The first kappa shape index (κ1) is 16.4. The molecule has 2 rings (SSSR count). The first-order valence-electron chi connectivity index (χ1n) is 7.77. The van der Waals surface area contributed by atoms with Crippen molar-refractivity contribution in [2.24, 2.45) is 0 Å². The van der Waals surface area contributed by atoms with Crippen LogP contribution >= 0.6 is 0 Å². The number of hydrogen-bond acceptors (Lipinski definition) is 5. The largest absolute Gasteiger partial charge is 0.389 e. The van der Waals surface area contributed by atoms with Gasteiger partial charge in [0.2, 0.25) is 0 Å². The Bertz CT molecular complexity index is 392. The molecule has 1 N–H and O–H groups in total. The smallest absolute Gasteiger partial charge is 0.0900 e. The molecule has 5 heteroatoms. The quantitative estimate of drug-likeness (QED) is 0.812. The predicted octanol–water partition coefficient (Wildman–Crippen LogP) is 0.985. The highest BCUT2D eigenvalue weighted by Gasteiger charge is 2.19. The average Bonchev–Trinajstić information content (AvgIpc) is 2.48. The molecule has 5 nitrogen and oxygen atoms in total. The van der Waals surface area contributed by atoms with Gasteiger partial charge in [0.25, 0.3) is 0 Å². The molecule has 0 bridgehead atoms. The molecular weight excluding hydrogens is 266 g/mol. The fraction of sp³-hybridized carbons (Fsp3) is 0.688. The van der Waals surface area contributed by atoms with Gasteiger partial charge in [0.15, 0.2) is 0 Å². The summed E-state index contributed by atoms with van der Waals surface area (Å²) in [7, 11) is 0. The molecule has 0 amide bonds. The van der Waals surface area contributed by atoms with Crippen LogP contribution in [-0.2, 0) is 11.3 Å². The highest BCUT2D eigenvalue weighted by atomic mass is 16.5. The van der Waals surface area contributed by atoms with E-state index in [1.807, 2.05) is 26.2 Å². The van der Waals surface area contributed by atoms with Crippen molar-refractivity contribution < 1.29 is 9.84 Å². The molecule has 0 radical (unpaired) electrons. The van der Waals surface area contributed by atoms with Crippen LogP contribution in [0.5, 0.6) is 0 Å². The maximum absolute atomic E-state index is 9.96. The molecule has 0 aromatic carbocycles. The average molecular weight is 293 g/mol. The number of β-amino-alcohol motifs (C(OH)–C–C–N with tert-alkyl or cyclic N) is 1. The molecule has 2 heterocycles. The third-order valence-electron chi connectivity index (χ3n) is 3.71. The summed E-state index contributed by atoms with van der Waals surface area (Å²) in [5.74, 6) is 0. The first-order valence-corrected chi connectivity index (χ1v) is 7.77. The van der Waals surface area contributed by atoms with Crippen LogP contribution in [0.3, 0.4) is 0 Å². The lowest BCUT2D eigenvalue weighted by molar-refractivity contribution is -0.0148. The van der Waals surface area contributed by atoms with Crippen molar-refractivity contribution in [2.45, 2.75) is 32.6 Å². The number of ether oxygens (including phenoxy) is 1. The van der Waals surface area contributed by atoms with Gasteiger partial charge in [-0.1, -0.05) is 0 Å². The van der Waals surface area contributed by atoms with E-state index in [1.54, 1.807) is 0 Å². The Morgan fingerprint density at radius 2 is 1.76 bits per heavy atom. The van der Waals surface area contributed by atoms with Gasteiger partial charge in [-0.25, -0.2) is 0 Å². The van der Waals surface area contributed by atoms with Gasteiger partial charge in [0.1, 0.15) is 0 Å². The standard InChI is InChI=1S/C16H27N3O2/c1-14(2)21-13-16(20)12-19-9-7-18(8-10-19)11-15-3-5-17-6-4-15/h3-6,14,16,20H,7-13H2,1-2H3. The van der Waals surface area contributed by atoms with Crippen molar-refractivity contribution in [2.75, 3.05) is 39.3 Å². The zero-order valence-electron chi connectivity index (χ0n) is 13.1. The van der Waals surface area contributed by atoms with Crippen molar-refractivity contribution in [1.82, 2.24) is 14.8 Å². The fourth-order valence-electron chi connectivity index (χ4n) is 2.53. The molecule has 0 spiro atoms. The minimum atomic E-state index is -0.390. The molecule has 1 fully saturated rings. The van der Waals surface area contributed by atoms with E-state index in [-0.39, 0.29) is 12.2 Å². The molecular formula is C16H27N3O2. The zero-order chi connectivity index (χ0) is 15.1. The first-order chi connectivity index (χ1) is 10.1. The van der Waals surface area contributed by atoms with E-state index in [4.69, 9.17) is 4.74 Å². The molecule has 1 aliphatic heterocycles. The molecule has 118 valence electrons. The Hall–Kier alpha value is -1.01. The van der Waals surface area contributed by atoms with Crippen molar-refractivity contribution in [1.29, 1.82) is 0 Å². The van der Waals surface area contributed by atoms with Gasteiger partial charge in [-0.2, -0.15) is 0 Å². The highest BCUT2D eigenvalue weighted by molar-refractivity contribution is 5.09. The number of nitrogens with zero attached hydrogens (tertiary/aromatic N) is 3. The second-order valence-corrected chi connectivity index (χ2v) is 5.97. The monoisotopic (exact) mass is 293 g/mol. The van der Waals surface area contributed by atoms with E-state index >= 15 is 0 Å². The summed E-state index contributed by atoms with van der Waals surface area (Å²) in [6.07, 6.45) is 3.48. The summed E-state index contributed by atoms with van der Waals surface area (Å²) >= 11 is 0. The van der Waals surface area contributed by atoms with E-state index in [0.717, 1.165) is 32.7 Å². The summed E-state index contributed by atoms with van der Waals surface area (Å²) in [6, 6.07) is 4.14. The van der Waals surface area contributed by atoms with Crippen molar-refractivity contribution in [3.05, 3.63) is 30.1 Å². The lowest BCUT2D eigenvalue weighted by Crippen LogP contribution is -2.48. The van der Waals surface area contributed by atoms with Gasteiger partial charge in [0, 0.05) is 51.7 Å². The van der Waals surface area contributed by atoms with Crippen LogP contribution in [0, 0.1) is 0 Å². The Balaban J connectivity index is 1.66. The molecule has 1 aromatic rings. The topological polar surface area (TPSA) is 48.8 Å². The molecule has 1 aliphatic rings.